The average Bonchev–Trinajstić information content (AvgIpc) is 2.47. The summed E-state index contributed by atoms with van der Waals surface area (Å²) in [6.45, 7) is 5.31. The van der Waals surface area contributed by atoms with E-state index in [1.165, 1.54) is 32.1 Å². The van der Waals surface area contributed by atoms with E-state index in [0.717, 1.165) is 17.8 Å². The molecule has 0 spiro atoms. The molecule has 2 nitrogen and oxygen atoms in total. The molecule has 0 amide bonds. The lowest BCUT2D eigenvalue weighted by molar-refractivity contribution is 0.431. The maximum atomic E-state index is 14.3. The van der Waals surface area contributed by atoms with Gasteiger partial charge in [0.15, 0.2) is 0 Å². The first-order chi connectivity index (χ1) is 9.69. The number of nitrogens with one attached hydrogen (secondary N) is 1. The molecule has 0 aliphatic carbocycles. The van der Waals surface area contributed by atoms with Crippen molar-refractivity contribution in [3.05, 3.63) is 29.6 Å². The zero-order valence-corrected chi connectivity index (χ0v) is 13.0. The molecular weight excluding hydrogens is 251 g/mol. The van der Waals surface area contributed by atoms with Gasteiger partial charge in [-0.2, -0.15) is 0 Å². The summed E-state index contributed by atoms with van der Waals surface area (Å²) < 4.78 is 14.3. The van der Waals surface area contributed by atoms with Crippen molar-refractivity contribution in [2.75, 3.05) is 18.5 Å². The van der Waals surface area contributed by atoms with Crippen molar-refractivity contribution in [2.45, 2.75) is 58.0 Å². The van der Waals surface area contributed by atoms with E-state index in [1.54, 1.807) is 6.07 Å². The van der Waals surface area contributed by atoms with Crippen LogP contribution in [0.25, 0.3) is 0 Å². The van der Waals surface area contributed by atoms with Crippen molar-refractivity contribution in [2.24, 2.45) is 0 Å². The highest BCUT2D eigenvalue weighted by Gasteiger charge is 2.26. The van der Waals surface area contributed by atoms with Crippen LogP contribution in [0.1, 0.15) is 57.6 Å². The Bertz CT molecular complexity index is 431. The largest absolute Gasteiger partial charge is 0.368 e. The van der Waals surface area contributed by atoms with E-state index in [4.69, 9.17) is 0 Å². The van der Waals surface area contributed by atoms with Crippen LogP contribution in [0.5, 0.6) is 0 Å². The molecule has 1 fully saturated rings. The van der Waals surface area contributed by atoms with Crippen LogP contribution in [0.4, 0.5) is 10.1 Å². The summed E-state index contributed by atoms with van der Waals surface area (Å²) in [4.78, 5) is 2.44. The Hall–Kier alpha value is -1.09. The zero-order valence-electron chi connectivity index (χ0n) is 13.0. The van der Waals surface area contributed by atoms with Crippen LogP contribution in [-0.2, 0) is 0 Å². The molecule has 2 atom stereocenters. The molecule has 20 heavy (non-hydrogen) atoms. The number of rotatable bonds is 5. The Kier molecular flexibility index (Phi) is 5.41. The lowest BCUT2D eigenvalue weighted by Crippen LogP contribution is -2.40. The molecule has 0 bridgehead atoms. The minimum atomic E-state index is -0.0924. The van der Waals surface area contributed by atoms with Crippen molar-refractivity contribution < 1.29 is 4.39 Å². The average molecular weight is 278 g/mol. The van der Waals surface area contributed by atoms with Gasteiger partial charge < -0.3 is 10.2 Å². The summed E-state index contributed by atoms with van der Waals surface area (Å²) in [5, 5.41) is 3.18. The minimum Gasteiger partial charge on any atom is -0.368 e. The molecule has 0 radical (unpaired) electrons. The van der Waals surface area contributed by atoms with Gasteiger partial charge in [0.2, 0.25) is 0 Å². The molecule has 3 heteroatoms. The summed E-state index contributed by atoms with van der Waals surface area (Å²) in [7, 11) is 1.89. The number of anilines is 1. The third-order valence-corrected chi connectivity index (χ3v) is 4.45. The van der Waals surface area contributed by atoms with E-state index >= 15 is 0 Å². The SMILES string of the molecule is CCCC1CCCCN1c1cccc(F)c1C(C)NC. The van der Waals surface area contributed by atoms with Gasteiger partial charge in [-0.15, -0.1) is 0 Å². The Balaban J connectivity index is 2.36. The van der Waals surface area contributed by atoms with E-state index in [2.05, 4.69) is 23.2 Å². The van der Waals surface area contributed by atoms with Gasteiger partial charge >= 0.3 is 0 Å². The van der Waals surface area contributed by atoms with Crippen molar-refractivity contribution in [3.63, 3.8) is 0 Å². The van der Waals surface area contributed by atoms with Crippen LogP contribution >= 0.6 is 0 Å². The Labute approximate surface area is 122 Å². The fraction of sp³-hybridized carbons (Fsp3) is 0.647. The van der Waals surface area contributed by atoms with Gasteiger partial charge in [-0.3, -0.25) is 0 Å². The van der Waals surface area contributed by atoms with Crippen molar-refractivity contribution in [3.8, 4) is 0 Å². The van der Waals surface area contributed by atoms with Crippen LogP contribution in [0.3, 0.4) is 0 Å². The maximum Gasteiger partial charge on any atom is 0.130 e. The molecule has 1 N–H and O–H groups in total. The van der Waals surface area contributed by atoms with Gasteiger partial charge in [0.25, 0.3) is 0 Å². The highest BCUT2D eigenvalue weighted by atomic mass is 19.1. The number of hydrogen-bond donors (Lipinski definition) is 1. The summed E-state index contributed by atoms with van der Waals surface area (Å²) in [5.41, 5.74) is 1.91. The van der Waals surface area contributed by atoms with Crippen LogP contribution in [0.2, 0.25) is 0 Å². The second-order valence-electron chi connectivity index (χ2n) is 5.81. The molecule has 2 rings (SSSR count). The first-order valence-electron chi connectivity index (χ1n) is 7.91. The van der Waals surface area contributed by atoms with E-state index < -0.39 is 0 Å². The predicted molar refractivity (Wildman–Crippen MR) is 83.8 cm³/mol. The van der Waals surface area contributed by atoms with Crippen molar-refractivity contribution in [1.82, 2.24) is 5.32 Å². The summed E-state index contributed by atoms with van der Waals surface area (Å²) in [6, 6.07) is 6.11. The smallest absolute Gasteiger partial charge is 0.130 e. The molecule has 1 aliphatic rings. The Morgan fingerprint density at radius 2 is 2.20 bits per heavy atom. The normalized spacial score (nSPS) is 21.0. The zero-order chi connectivity index (χ0) is 14.5. The second-order valence-corrected chi connectivity index (χ2v) is 5.81. The van der Waals surface area contributed by atoms with E-state index in [-0.39, 0.29) is 11.9 Å². The number of nitrogens with zero attached hydrogens (tertiary/aromatic N) is 1. The lowest BCUT2D eigenvalue weighted by atomic mass is 9.95. The van der Waals surface area contributed by atoms with Crippen LogP contribution in [0, 0.1) is 5.82 Å². The van der Waals surface area contributed by atoms with Gasteiger partial charge in [0.05, 0.1) is 0 Å². The lowest BCUT2D eigenvalue weighted by Gasteiger charge is -2.39. The summed E-state index contributed by atoms with van der Waals surface area (Å²) in [5.74, 6) is -0.0924. The van der Waals surface area contributed by atoms with Gasteiger partial charge in [-0.05, 0) is 51.8 Å². The molecule has 0 aromatic heterocycles. The Morgan fingerprint density at radius 1 is 1.40 bits per heavy atom. The molecule has 2 unspecified atom stereocenters. The van der Waals surface area contributed by atoms with Gasteiger partial charge in [-0.1, -0.05) is 19.4 Å². The molecule has 0 saturated carbocycles. The molecule has 112 valence electrons. The summed E-state index contributed by atoms with van der Waals surface area (Å²) >= 11 is 0. The van der Waals surface area contributed by atoms with E-state index in [9.17, 15) is 4.39 Å². The highest BCUT2D eigenvalue weighted by Crippen LogP contribution is 2.34. The highest BCUT2D eigenvalue weighted by molar-refractivity contribution is 5.56. The first-order valence-corrected chi connectivity index (χ1v) is 7.91. The van der Waals surface area contributed by atoms with Gasteiger partial charge in [0.1, 0.15) is 5.82 Å². The van der Waals surface area contributed by atoms with Crippen LogP contribution in [0.15, 0.2) is 18.2 Å². The molecule has 1 aliphatic heterocycles. The van der Waals surface area contributed by atoms with Gasteiger partial charge in [-0.25, -0.2) is 4.39 Å². The maximum absolute atomic E-state index is 14.3. The van der Waals surface area contributed by atoms with Crippen molar-refractivity contribution in [1.29, 1.82) is 0 Å². The fourth-order valence-corrected chi connectivity index (χ4v) is 3.30. The first kappa shape index (κ1) is 15.3. The van der Waals surface area contributed by atoms with Gasteiger partial charge in [0, 0.05) is 29.9 Å². The molecular formula is C17H27FN2. The third kappa shape index (κ3) is 3.14. The molecule has 1 aromatic carbocycles. The number of piperidine rings is 1. The van der Waals surface area contributed by atoms with Crippen LogP contribution in [-0.4, -0.2) is 19.6 Å². The number of hydrogen-bond acceptors (Lipinski definition) is 2. The molecule has 1 saturated heterocycles. The number of benzene rings is 1. The topological polar surface area (TPSA) is 15.3 Å². The van der Waals surface area contributed by atoms with Crippen LogP contribution < -0.4 is 10.2 Å². The van der Waals surface area contributed by atoms with Crippen molar-refractivity contribution >= 4 is 5.69 Å². The second kappa shape index (κ2) is 7.07. The van der Waals surface area contributed by atoms with E-state index in [1.807, 2.05) is 20.0 Å². The number of halogens is 1. The minimum absolute atomic E-state index is 0.0374. The monoisotopic (exact) mass is 278 g/mol. The summed E-state index contributed by atoms with van der Waals surface area (Å²) in [6.07, 6.45) is 6.13. The quantitative estimate of drug-likeness (QED) is 0.865. The molecule has 1 aromatic rings. The fourth-order valence-electron chi connectivity index (χ4n) is 3.30. The third-order valence-electron chi connectivity index (χ3n) is 4.45. The Morgan fingerprint density at radius 3 is 2.90 bits per heavy atom. The molecule has 1 heterocycles. The van der Waals surface area contributed by atoms with E-state index in [0.29, 0.717) is 6.04 Å². The standard InChI is InChI=1S/C17H27FN2/c1-4-8-14-9-5-6-12-20(14)16-11-7-10-15(18)17(16)13(2)19-3/h7,10-11,13-14,19H,4-6,8-9,12H2,1-3H3. The predicted octanol–water partition coefficient (Wildman–Crippen LogP) is 4.27.